The number of fused-ring (bicyclic) bond motifs is 1. The number of carbonyl (C=O) groups is 1. The summed E-state index contributed by atoms with van der Waals surface area (Å²) >= 11 is 0. The summed E-state index contributed by atoms with van der Waals surface area (Å²) in [5.41, 5.74) is -0.669. The van der Waals surface area contributed by atoms with Crippen LogP contribution in [0.5, 0.6) is 5.75 Å². The number of aromatic nitrogens is 1. The second-order valence-electron chi connectivity index (χ2n) is 3.56. The molecule has 1 N–H and O–H groups in total. The Hall–Kier alpha value is -2.05. The smallest absolute Gasteiger partial charge is 0.454 e. The molecule has 0 saturated carbocycles. The summed E-state index contributed by atoms with van der Waals surface area (Å²) in [5.74, 6) is -2.89. The van der Waals surface area contributed by atoms with Crippen molar-refractivity contribution in [3.63, 3.8) is 0 Å². The number of hydrogen-bond donors (Lipinski definition) is 1. The lowest BCUT2D eigenvalue weighted by Crippen LogP contribution is -2.22. The van der Waals surface area contributed by atoms with Gasteiger partial charge >= 0.3 is 6.18 Å². The van der Waals surface area contributed by atoms with Gasteiger partial charge in [0, 0.05) is 23.7 Å². The third-order valence-corrected chi connectivity index (χ3v) is 2.44. The number of aromatic amines is 1. The molecule has 0 aliphatic rings. The maximum atomic E-state index is 13.7. The van der Waals surface area contributed by atoms with Crippen LogP contribution in [0.2, 0.25) is 0 Å². The fraction of sp³-hybridized carbons (Fsp3) is 0.182. The van der Waals surface area contributed by atoms with Crippen LogP contribution in [0.25, 0.3) is 10.9 Å². The first kappa shape index (κ1) is 12.4. The molecule has 0 bridgehead atoms. The van der Waals surface area contributed by atoms with Crippen LogP contribution in [0.1, 0.15) is 10.4 Å². The van der Waals surface area contributed by atoms with Gasteiger partial charge in [-0.15, -0.1) is 0 Å². The molecule has 0 spiro atoms. The molecule has 0 amide bonds. The topological polar surface area (TPSA) is 42.1 Å². The van der Waals surface area contributed by atoms with E-state index in [9.17, 15) is 22.4 Å². The van der Waals surface area contributed by atoms with Crippen molar-refractivity contribution in [1.29, 1.82) is 0 Å². The van der Waals surface area contributed by atoms with E-state index in [2.05, 4.69) is 4.98 Å². The Bertz CT molecular complexity index is 615. The van der Waals surface area contributed by atoms with Crippen molar-refractivity contribution in [2.24, 2.45) is 0 Å². The lowest BCUT2D eigenvalue weighted by Gasteiger charge is -2.05. The second-order valence-corrected chi connectivity index (χ2v) is 3.56. The van der Waals surface area contributed by atoms with E-state index in [1.54, 1.807) is 0 Å². The standard InChI is InChI=1S/C11H7F4NO2/c1-18-5-2-7(12)9-6(4-16-8(9)3-5)10(17)11(13,14)15/h2-4,16H,1H3. The molecule has 7 heteroatoms. The summed E-state index contributed by atoms with van der Waals surface area (Å²) in [7, 11) is 1.30. The second kappa shape index (κ2) is 4.01. The predicted octanol–water partition coefficient (Wildman–Crippen LogP) is 3.06. The molecule has 0 atom stereocenters. The maximum Gasteiger partial charge on any atom is 0.454 e. The number of rotatable bonds is 2. The van der Waals surface area contributed by atoms with Crippen LogP contribution in [0.4, 0.5) is 17.6 Å². The molecular weight excluding hydrogens is 254 g/mol. The van der Waals surface area contributed by atoms with E-state index in [1.165, 1.54) is 13.2 Å². The number of ether oxygens (including phenoxy) is 1. The first-order valence-electron chi connectivity index (χ1n) is 4.80. The number of alkyl halides is 3. The summed E-state index contributed by atoms with van der Waals surface area (Å²) < 4.78 is 55.4. The van der Waals surface area contributed by atoms with Crippen LogP contribution >= 0.6 is 0 Å². The zero-order valence-electron chi connectivity index (χ0n) is 9.06. The molecule has 1 aromatic heterocycles. The molecule has 1 aromatic carbocycles. The Kier molecular flexibility index (Phi) is 2.76. The Morgan fingerprint density at radius 3 is 2.56 bits per heavy atom. The fourth-order valence-electron chi connectivity index (χ4n) is 1.64. The average Bonchev–Trinajstić information content (AvgIpc) is 2.70. The SMILES string of the molecule is COc1cc(F)c2c(C(=O)C(F)(F)F)c[nH]c2c1. The van der Waals surface area contributed by atoms with Crippen molar-refractivity contribution in [2.45, 2.75) is 6.18 Å². The van der Waals surface area contributed by atoms with Gasteiger partial charge in [0.25, 0.3) is 5.78 Å². The summed E-state index contributed by atoms with van der Waals surface area (Å²) in [4.78, 5) is 13.5. The van der Waals surface area contributed by atoms with Crippen molar-refractivity contribution in [1.82, 2.24) is 4.98 Å². The summed E-state index contributed by atoms with van der Waals surface area (Å²) in [5, 5.41) is -0.391. The van der Waals surface area contributed by atoms with Crippen molar-refractivity contribution >= 4 is 16.7 Å². The Labute approximate surface area is 98.4 Å². The van der Waals surface area contributed by atoms with E-state index >= 15 is 0 Å². The van der Waals surface area contributed by atoms with Gasteiger partial charge in [-0.25, -0.2) is 4.39 Å². The minimum absolute atomic E-state index is 0.0689. The van der Waals surface area contributed by atoms with Crippen molar-refractivity contribution in [2.75, 3.05) is 7.11 Å². The molecule has 0 aliphatic carbocycles. The first-order valence-corrected chi connectivity index (χ1v) is 4.80. The Balaban J connectivity index is 2.65. The van der Waals surface area contributed by atoms with E-state index in [1.807, 2.05) is 0 Å². The van der Waals surface area contributed by atoms with Crippen molar-refractivity contribution in [3.05, 3.63) is 29.7 Å². The Morgan fingerprint density at radius 1 is 1.33 bits per heavy atom. The molecule has 96 valence electrons. The predicted molar refractivity (Wildman–Crippen MR) is 55.2 cm³/mol. The van der Waals surface area contributed by atoms with Gasteiger partial charge in [0.05, 0.1) is 18.2 Å². The summed E-state index contributed by atoms with van der Waals surface area (Å²) in [6, 6.07) is 2.23. The lowest BCUT2D eigenvalue weighted by atomic mass is 10.1. The van der Waals surface area contributed by atoms with Crippen molar-refractivity contribution in [3.8, 4) is 5.75 Å². The number of H-pyrrole nitrogens is 1. The lowest BCUT2D eigenvalue weighted by molar-refractivity contribution is -0.0884. The summed E-state index contributed by atoms with van der Waals surface area (Å²) in [6.45, 7) is 0. The van der Waals surface area contributed by atoms with Gasteiger partial charge in [-0.3, -0.25) is 4.79 Å². The maximum absolute atomic E-state index is 13.7. The quantitative estimate of drug-likeness (QED) is 0.666. The van der Waals surface area contributed by atoms with Gasteiger partial charge in [0.2, 0.25) is 0 Å². The number of ketones is 1. The monoisotopic (exact) mass is 261 g/mol. The van der Waals surface area contributed by atoms with Crippen LogP contribution in [0.15, 0.2) is 18.3 Å². The molecule has 0 aliphatic heterocycles. The highest BCUT2D eigenvalue weighted by Crippen LogP contribution is 2.30. The molecule has 2 rings (SSSR count). The highest BCUT2D eigenvalue weighted by atomic mass is 19.4. The minimum Gasteiger partial charge on any atom is -0.497 e. The van der Waals surface area contributed by atoms with Crippen LogP contribution < -0.4 is 4.74 Å². The zero-order valence-corrected chi connectivity index (χ0v) is 9.06. The molecule has 0 fully saturated rings. The molecule has 18 heavy (non-hydrogen) atoms. The highest BCUT2D eigenvalue weighted by molar-refractivity contribution is 6.10. The molecular formula is C11H7F4NO2. The number of carbonyl (C=O) groups excluding carboxylic acids is 1. The van der Waals surface area contributed by atoms with Gasteiger partial charge in [-0.1, -0.05) is 0 Å². The molecule has 2 aromatic rings. The number of Topliss-reactive ketones (excluding diaryl/α,β-unsaturated/α-hetero) is 1. The van der Waals surface area contributed by atoms with Crippen LogP contribution in [-0.2, 0) is 0 Å². The fourth-order valence-corrected chi connectivity index (χ4v) is 1.64. The normalized spacial score (nSPS) is 11.8. The largest absolute Gasteiger partial charge is 0.497 e. The van der Waals surface area contributed by atoms with E-state index in [0.29, 0.717) is 0 Å². The van der Waals surface area contributed by atoms with Crippen LogP contribution in [0.3, 0.4) is 0 Å². The minimum atomic E-state index is -5.04. The van der Waals surface area contributed by atoms with E-state index in [-0.39, 0.29) is 11.3 Å². The summed E-state index contributed by atoms with van der Waals surface area (Å²) in [6.07, 6.45) is -4.20. The van der Waals surface area contributed by atoms with Gasteiger partial charge in [-0.2, -0.15) is 13.2 Å². The third kappa shape index (κ3) is 1.92. The molecule has 3 nitrogen and oxygen atoms in total. The van der Waals surface area contributed by atoms with Gasteiger partial charge < -0.3 is 9.72 Å². The molecule has 0 saturated heterocycles. The van der Waals surface area contributed by atoms with Crippen LogP contribution in [0, 0.1) is 5.82 Å². The van der Waals surface area contributed by atoms with Gasteiger partial charge in [0.15, 0.2) is 0 Å². The zero-order chi connectivity index (χ0) is 13.5. The number of nitrogens with one attached hydrogen (secondary N) is 1. The number of hydrogen-bond acceptors (Lipinski definition) is 2. The average molecular weight is 261 g/mol. The highest BCUT2D eigenvalue weighted by Gasteiger charge is 2.41. The van der Waals surface area contributed by atoms with E-state index in [0.717, 1.165) is 12.3 Å². The van der Waals surface area contributed by atoms with Gasteiger partial charge in [0.1, 0.15) is 11.6 Å². The van der Waals surface area contributed by atoms with E-state index in [4.69, 9.17) is 4.74 Å². The van der Waals surface area contributed by atoms with Crippen molar-refractivity contribution < 1.29 is 27.1 Å². The molecule has 1 heterocycles. The number of halogens is 4. The molecule has 0 radical (unpaired) electrons. The number of benzene rings is 1. The number of methoxy groups -OCH3 is 1. The van der Waals surface area contributed by atoms with E-state index < -0.39 is 28.7 Å². The third-order valence-electron chi connectivity index (χ3n) is 2.44. The van der Waals surface area contributed by atoms with Crippen LogP contribution in [-0.4, -0.2) is 24.1 Å². The van der Waals surface area contributed by atoms with Gasteiger partial charge in [-0.05, 0) is 0 Å². The Morgan fingerprint density at radius 2 is 2.00 bits per heavy atom. The first-order chi connectivity index (χ1) is 8.34. The molecule has 0 unspecified atom stereocenters.